The van der Waals surface area contributed by atoms with Gasteiger partial charge in [-0.25, -0.2) is 0 Å². The lowest BCUT2D eigenvalue weighted by Crippen LogP contribution is -2.37. The lowest BCUT2D eigenvalue weighted by Gasteiger charge is -2.27. The molecule has 3 atom stereocenters. The van der Waals surface area contributed by atoms with Gasteiger partial charge in [-0.3, -0.25) is 14.4 Å². The van der Waals surface area contributed by atoms with Crippen LogP contribution in [0.25, 0.3) is 0 Å². The van der Waals surface area contributed by atoms with Crippen LogP contribution in [-0.4, -0.2) is 51.7 Å². The van der Waals surface area contributed by atoms with Crippen molar-refractivity contribution in [1.29, 1.82) is 0 Å². The van der Waals surface area contributed by atoms with Crippen molar-refractivity contribution in [3.8, 4) is 0 Å². The van der Waals surface area contributed by atoms with Gasteiger partial charge in [0.2, 0.25) is 5.91 Å². The molecule has 4 rings (SSSR count). The number of benzene rings is 1. The van der Waals surface area contributed by atoms with Crippen molar-refractivity contribution >= 4 is 5.91 Å². The van der Waals surface area contributed by atoms with Gasteiger partial charge in [-0.15, -0.1) is 0 Å². The highest BCUT2D eigenvalue weighted by Crippen LogP contribution is 2.43. The highest BCUT2D eigenvalue weighted by Gasteiger charge is 2.50. The van der Waals surface area contributed by atoms with Crippen molar-refractivity contribution in [2.75, 3.05) is 26.2 Å². The third-order valence-corrected chi connectivity index (χ3v) is 6.20. The first-order valence-electron chi connectivity index (χ1n) is 9.48. The number of rotatable bonds is 4. The molecule has 2 fully saturated rings. The quantitative estimate of drug-likeness (QED) is 0.849. The molecule has 2 aliphatic heterocycles. The lowest BCUT2D eigenvalue weighted by molar-refractivity contribution is -0.132. The van der Waals surface area contributed by atoms with Gasteiger partial charge in [-0.05, 0) is 18.4 Å². The fourth-order valence-corrected chi connectivity index (χ4v) is 4.67. The van der Waals surface area contributed by atoms with Gasteiger partial charge >= 0.3 is 0 Å². The number of hydrogen-bond donors (Lipinski definition) is 0. The van der Waals surface area contributed by atoms with Gasteiger partial charge in [-0.1, -0.05) is 37.3 Å². The minimum Gasteiger partial charge on any atom is -0.341 e. The first kappa shape index (κ1) is 17.3. The van der Waals surface area contributed by atoms with E-state index in [1.54, 1.807) is 4.68 Å². The van der Waals surface area contributed by atoms with E-state index in [0.717, 1.165) is 38.3 Å². The first-order valence-corrected chi connectivity index (χ1v) is 9.48. The van der Waals surface area contributed by atoms with Gasteiger partial charge in [0.1, 0.15) is 0 Å². The van der Waals surface area contributed by atoms with Crippen molar-refractivity contribution in [3.63, 3.8) is 0 Å². The summed E-state index contributed by atoms with van der Waals surface area (Å²) in [5.74, 6) is 0.686. The molecule has 5 nitrogen and oxygen atoms in total. The molecule has 2 aliphatic rings. The molecule has 1 amide bonds. The van der Waals surface area contributed by atoms with Crippen molar-refractivity contribution in [2.24, 2.45) is 18.4 Å². The summed E-state index contributed by atoms with van der Waals surface area (Å²) in [5.41, 5.74) is 2.58. The van der Waals surface area contributed by atoms with E-state index in [2.05, 4.69) is 52.2 Å². The van der Waals surface area contributed by atoms with Gasteiger partial charge in [-0.2, -0.15) is 5.10 Å². The Bertz CT molecular complexity index is 786. The molecule has 1 aromatic heterocycles. The van der Waals surface area contributed by atoms with Crippen LogP contribution in [0.2, 0.25) is 0 Å². The summed E-state index contributed by atoms with van der Waals surface area (Å²) in [4.78, 5) is 17.6. The molecule has 0 radical (unpaired) electrons. The molecule has 138 valence electrons. The number of nitrogens with zero attached hydrogens (tertiary/aromatic N) is 4. The lowest BCUT2D eigenvalue weighted by atomic mass is 9.83. The molecule has 5 heteroatoms. The van der Waals surface area contributed by atoms with Crippen LogP contribution in [0.3, 0.4) is 0 Å². The maximum absolute atomic E-state index is 13.0. The van der Waals surface area contributed by atoms with E-state index < -0.39 is 0 Å². The molecule has 0 bridgehead atoms. The number of aryl methyl sites for hydroxylation is 1. The zero-order chi connectivity index (χ0) is 18.3. The molecule has 1 aromatic carbocycles. The normalized spacial score (nSPS) is 26.9. The number of amides is 1. The summed E-state index contributed by atoms with van der Waals surface area (Å²) in [6.45, 7) is 9.25. The second-order valence-corrected chi connectivity index (χ2v) is 8.39. The number of aromatic nitrogens is 2. The Morgan fingerprint density at radius 3 is 2.69 bits per heavy atom. The monoisotopic (exact) mass is 352 g/mol. The first-order chi connectivity index (χ1) is 12.4. The van der Waals surface area contributed by atoms with Gasteiger partial charge < -0.3 is 4.90 Å². The second kappa shape index (κ2) is 6.54. The summed E-state index contributed by atoms with van der Waals surface area (Å²) >= 11 is 0. The SMILES string of the molecule is CC(C(=O)N1C[C@@H]2CN(Cc3ccccc3)C[C@]2(C)C1)c1cnn(C)c1. The fourth-order valence-electron chi connectivity index (χ4n) is 4.67. The third kappa shape index (κ3) is 3.16. The predicted octanol–water partition coefficient (Wildman–Crippen LogP) is 2.50. The Hall–Kier alpha value is -2.14. The average Bonchev–Trinajstić information content (AvgIpc) is 3.26. The zero-order valence-corrected chi connectivity index (χ0v) is 15.9. The van der Waals surface area contributed by atoms with Crippen LogP contribution < -0.4 is 0 Å². The molecule has 0 spiro atoms. The predicted molar refractivity (Wildman–Crippen MR) is 102 cm³/mol. The van der Waals surface area contributed by atoms with Crippen molar-refractivity contribution < 1.29 is 4.79 Å². The van der Waals surface area contributed by atoms with Gasteiger partial charge in [0, 0.05) is 56.9 Å². The topological polar surface area (TPSA) is 41.4 Å². The number of hydrogen-bond acceptors (Lipinski definition) is 3. The minimum atomic E-state index is -0.119. The maximum atomic E-state index is 13.0. The van der Waals surface area contributed by atoms with Crippen LogP contribution >= 0.6 is 0 Å². The highest BCUT2D eigenvalue weighted by atomic mass is 16.2. The van der Waals surface area contributed by atoms with Crippen LogP contribution in [0.15, 0.2) is 42.7 Å². The van der Waals surface area contributed by atoms with E-state index in [0.29, 0.717) is 5.92 Å². The molecular formula is C21H28N4O. The van der Waals surface area contributed by atoms with Crippen molar-refractivity contribution in [1.82, 2.24) is 19.6 Å². The molecule has 0 saturated carbocycles. The molecule has 0 N–H and O–H groups in total. The van der Waals surface area contributed by atoms with Crippen LogP contribution in [0.5, 0.6) is 0 Å². The van der Waals surface area contributed by atoms with Crippen LogP contribution in [0.4, 0.5) is 0 Å². The number of carbonyl (C=O) groups is 1. The van der Waals surface area contributed by atoms with Crippen molar-refractivity contribution in [3.05, 3.63) is 53.9 Å². The summed E-state index contributed by atoms with van der Waals surface area (Å²) in [5, 5.41) is 4.21. The summed E-state index contributed by atoms with van der Waals surface area (Å²) in [6, 6.07) is 10.7. The fraction of sp³-hybridized carbons (Fsp3) is 0.524. The smallest absolute Gasteiger partial charge is 0.229 e. The van der Waals surface area contributed by atoms with Crippen LogP contribution in [0, 0.1) is 11.3 Å². The van der Waals surface area contributed by atoms with Gasteiger partial charge in [0.05, 0.1) is 12.1 Å². The Morgan fingerprint density at radius 1 is 1.27 bits per heavy atom. The van der Waals surface area contributed by atoms with Crippen LogP contribution in [-0.2, 0) is 18.4 Å². The Morgan fingerprint density at radius 2 is 2.04 bits per heavy atom. The van der Waals surface area contributed by atoms with E-state index in [1.807, 2.05) is 26.4 Å². The molecular weight excluding hydrogens is 324 g/mol. The van der Waals surface area contributed by atoms with E-state index in [-0.39, 0.29) is 17.2 Å². The number of fused-ring (bicyclic) bond motifs is 1. The van der Waals surface area contributed by atoms with E-state index >= 15 is 0 Å². The van der Waals surface area contributed by atoms with E-state index in [4.69, 9.17) is 0 Å². The zero-order valence-electron chi connectivity index (χ0n) is 15.9. The van der Waals surface area contributed by atoms with Gasteiger partial charge in [0.15, 0.2) is 0 Å². The number of likely N-dealkylation sites (tertiary alicyclic amines) is 2. The molecule has 26 heavy (non-hydrogen) atoms. The average molecular weight is 352 g/mol. The van der Waals surface area contributed by atoms with E-state index in [9.17, 15) is 4.79 Å². The largest absolute Gasteiger partial charge is 0.341 e. The standard InChI is InChI=1S/C21H28N4O/c1-16(18-9-22-23(3)11-18)20(26)25-13-19-12-24(14-21(19,2)15-25)10-17-7-5-4-6-8-17/h4-9,11,16,19H,10,12-15H2,1-3H3/t16?,19-,21+/m0/s1. The third-order valence-electron chi connectivity index (χ3n) is 6.20. The highest BCUT2D eigenvalue weighted by molar-refractivity contribution is 5.83. The summed E-state index contributed by atoms with van der Waals surface area (Å²) < 4.78 is 1.76. The summed E-state index contributed by atoms with van der Waals surface area (Å²) in [6.07, 6.45) is 3.76. The Balaban J connectivity index is 1.39. The molecule has 2 saturated heterocycles. The maximum Gasteiger partial charge on any atom is 0.229 e. The molecule has 1 unspecified atom stereocenters. The van der Waals surface area contributed by atoms with Crippen molar-refractivity contribution in [2.45, 2.75) is 26.3 Å². The van der Waals surface area contributed by atoms with E-state index in [1.165, 1.54) is 5.56 Å². The van der Waals surface area contributed by atoms with Gasteiger partial charge in [0.25, 0.3) is 0 Å². The summed E-state index contributed by atoms with van der Waals surface area (Å²) in [7, 11) is 1.89. The molecule has 2 aromatic rings. The Kier molecular flexibility index (Phi) is 4.35. The molecule has 3 heterocycles. The number of carbonyl (C=O) groups excluding carboxylic acids is 1. The minimum absolute atomic E-state index is 0.119. The second-order valence-electron chi connectivity index (χ2n) is 8.39. The van der Waals surface area contributed by atoms with Crippen LogP contribution in [0.1, 0.15) is 30.9 Å². The Labute approximate surface area is 155 Å². The molecule has 0 aliphatic carbocycles.